The second-order valence-corrected chi connectivity index (χ2v) is 7.34. The molecule has 3 aromatic rings. The molecule has 1 fully saturated rings. The number of hydrogen-bond acceptors (Lipinski definition) is 5. The van der Waals surface area contributed by atoms with Gasteiger partial charge in [-0.15, -0.1) is 0 Å². The summed E-state index contributed by atoms with van der Waals surface area (Å²) in [6.07, 6.45) is 0. The number of amides is 2. The first kappa shape index (κ1) is 20.7. The van der Waals surface area contributed by atoms with Crippen LogP contribution in [0.3, 0.4) is 0 Å². The molecule has 0 unspecified atom stereocenters. The molecule has 31 heavy (non-hydrogen) atoms. The van der Waals surface area contributed by atoms with E-state index >= 15 is 0 Å². The summed E-state index contributed by atoms with van der Waals surface area (Å²) in [6.45, 7) is 7.22. The molecule has 4 rings (SSSR count). The van der Waals surface area contributed by atoms with Crippen LogP contribution in [0.4, 0.5) is 16.3 Å². The second-order valence-electron chi connectivity index (χ2n) is 7.34. The highest BCUT2D eigenvalue weighted by Gasteiger charge is 2.24. The lowest BCUT2D eigenvalue weighted by atomic mass is 10.2. The summed E-state index contributed by atoms with van der Waals surface area (Å²) in [5.74, 6) is 1.22. The van der Waals surface area contributed by atoms with E-state index < -0.39 is 0 Å². The Bertz CT molecular complexity index is 1120. The SMILES string of the molecule is CCOc1ccc(NC(=O)N2CCN(c3nc4ccccc4n(CC)c3=O)CC2)cc1. The number of urea groups is 1. The minimum absolute atomic E-state index is 0.0894. The van der Waals surface area contributed by atoms with E-state index in [2.05, 4.69) is 10.3 Å². The molecule has 0 atom stereocenters. The number of para-hydroxylation sites is 2. The number of ether oxygens (including phenoxy) is 1. The van der Waals surface area contributed by atoms with Gasteiger partial charge in [0.25, 0.3) is 5.56 Å². The Kier molecular flexibility index (Phi) is 6.06. The van der Waals surface area contributed by atoms with Gasteiger partial charge < -0.3 is 24.4 Å². The molecule has 1 N–H and O–H groups in total. The lowest BCUT2D eigenvalue weighted by Crippen LogP contribution is -2.51. The van der Waals surface area contributed by atoms with Crippen molar-refractivity contribution in [3.05, 3.63) is 58.9 Å². The fourth-order valence-electron chi connectivity index (χ4n) is 3.82. The van der Waals surface area contributed by atoms with E-state index in [1.165, 1.54) is 0 Å². The van der Waals surface area contributed by atoms with Crippen molar-refractivity contribution in [2.24, 2.45) is 0 Å². The topological polar surface area (TPSA) is 79.7 Å². The molecular weight excluding hydrogens is 394 g/mol. The fraction of sp³-hybridized carbons (Fsp3) is 0.348. The molecule has 0 spiro atoms. The molecule has 1 saturated heterocycles. The average molecular weight is 422 g/mol. The Morgan fingerprint density at radius 2 is 1.74 bits per heavy atom. The number of carbonyl (C=O) groups excluding carboxylic acids is 1. The van der Waals surface area contributed by atoms with E-state index in [1.54, 1.807) is 9.47 Å². The minimum Gasteiger partial charge on any atom is -0.494 e. The summed E-state index contributed by atoms with van der Waals surface area (Å²) in [5, 5.41) is 2.92. The minimum atomic E-state index is -0.152. The number of nitrogens with one attached hydrogen (secondary N) is 1. The van der Waals surface area contributed by atoms with E-state index in [0.29, 0.717) is 45.1 Å². The number of aromatic nitrogens is 2. The van der Waals surface area contributed by atoms with Crippen LogP contribution < -0.4 is 20.5 Å². The Morgan fingerprint density at radius 1 is 1.03 bits per heavy atom. The van der Waals surface area contributed by atoms with Crippen molar-refractivity contribution in [1.29, 1.82) is 0 Å². The molecule has 0 bridgehead atoms. The maximum absolute atomic E-state index is 13.0. The molecule has 0 aliphatic carbocycles. The van der Waals surface area contributed by atoms with Gasteiger partial charge in [-0.1, -0.05) is 12.1 Å². The highest BCUT2D eigenvalue weighted by molar-refractivity contribution is 5.89. The molecule has 162 valence electrons. The van der Waals surface area contributed by atoms with Crippen molar-refractivity contribution in [3.63, 3.8) is 0 Å². The summed E-state index contributed by atoms with van der Waals surface area (Å²) >= 11 is 0. The van der Waals surface area contributed by atoms with Gasteiger partial charge in [-0.2, -0.15) is 0 Å². The van der Waals surface area contributed by atoms with Crippen molar-refractivity contribution >= 4 is 28.6 Å². The smallest absolute Gasteiger partial charge is 0.321 e. The van der Waals surface area contributed by atoms with E-state index in [-0.39, 0.29) is 11.6 Å². The van der Waals surface area contributed by atoms with E-state index in [4.69, 9.17) is 4.74 Å². The summed E-state index contributed by atoms with van der Waals surface area (Å²) in [7, 11) is 0. The third-order valence-corrected chi connectivity index (χ3v) is 5.43. The highest BCUT2D eigenvalue weighted by Crippen LogP contribution is 2.18. The number of piperazine rings is 1. The zero-order chi connectivity index (χ0) is 21.8. The third kappa shape index (κ3) is 4.33. The number of carbonyl (C=O) groups is 1. The van der Waals surface area contributed by atoms with Crippen LogP contribution in [0, 0.1) is 0 Å². The standard InChI is InChI=1S/C23H27N5O3/c1-3-28-20-8-6-5-7-19(20)25-21(22(28)29)26-13-15-27(16-14-26)23(30)24-17-9-11-18(12-10-17)31-4-2/h5-12H,3-4,13-16H2,1-2H3,(H,24,30). The first-order valence-corrected chi connectivity index (χ1v) is 10.6. The number of hydrogen-bond donors (Lipinski definition) is 1. The van der Waals surface area contributed by atoms with Gasteiger partial charge in [-0.3, -0.25) is 4.79 Å². The summed E-state index contributed by atoms with van der Waals surface area (Å²) in [5.41, 5.74) is 2.27. The summed E-state index contributed by atoms with van der Waals surface area (Å²) in [4.78, 5) is 34.0. The largest absolute Gasteiger partial charge is 0.494 e. The van der Waals surface area contributed by atoms with Crippen LogP contribution in [0.1, 0.15) is 13.8 Å². The van der Waals surface area contributed by atoms with Crippen molar-refractivity contribution in [2.75, 3.05) is 43.0 Å². The summed E-state index contributed by atoms with van der Waals surface area (Å²) in [6, 6.07) is 14.8. The van der Waals surface area contributed by atoms with Gasteiger partial charge >= 0.3 is 6.03 Å². The van der Waals surface area contributed by atoms with Gasteiger partial charge in [0.15, 0.2) is 5.82 Å². The lowest BCUT2D eigenvalue weighted by Gasteiger charge is -2.35. The zero-order valence-electron chi connectivity index (χ0n) is 17.9. The van der Waals surface area contributed by atoms with Crippen molar-refractivity contribution < 1.29 is 9.53 Å². The number of aryl methyl sites for hydroxylation is 1. The Hall–Kier alpha value is -3.55. The normalized spacial score (nSPS) is 14.0. The average Bonchev–Trinajstić information content (AvgIpc) is 2.80. The van der Waals surface area contributed by atoms with Crippen LogP contribution in [0.2, 0.25) is 0 Å². The molecule has 1 aliphatic rings. The monoisotopic (exact) mass is 421 g/mol. The van der Waals surface area contributed by atoms with Crippen LogP contribution in [0.5, 0.6) is 5.75 Å². The molecule has 1 aromatic heterocycles. The van der Waals surface area contributed by atoms with Crippen molar-refractivity contribution in [2.45, 2.75) is 20.4 Å². The number of rotatable bonds is 5. The molecular formula is C23H27N5O3. The zero-order valence-corrected chi connectivity index (χ0v) is 17.9. The second kappa shape index (κ2) is 9.07. The van der Waals surface area contributed by atoms with E-state index in [9.17, 15) is 9.59 Å². The molecule has 2 aromatic carbocycles. The van der Waals surface area contributed by atoms with E-state index in [1.807, 2.05) is 67.3 Å². The molecule has 8 nitrogen and oxygen atoms in total. The van der Waals surface area contributed by atoms with Crippen molar-refractivity contribution in [1.82, 2.24) is 14.5 Å². The van der Waals surface area contributed by atoms with E-state index in [0.717, 1.165) is 22.5 Å². The van der Waals surface area contributed by atoms with Crippen LogP contribution in [0.15, 0.2) is 53.3 Å². The number of anilines is 2. The van der Waals surface area contributed by atoms with Gasteiger partial charge in [0.1, 0.15) is 5.75 Å². The Morgan fingerprint density at radius 3 is 2.42 bits per heavy atom. The highest BCUT2D eigenvalue weighted by atomic mass is 16.5. The maximum Gasteiger partial charge on any atom is 0.321 e. The number of benzene rings is 2. The molecule has 8 heteroatoms. The predicted molar refractivity (Wildman–Crippen MR) is 122 cm³/mol. The van der Waals surface area contributed by atoms with Crippen LogP contribution in [-0.2, 0) is 6.54 Å². The summed E-state index contributed by atoms with van der Waals surface area (Å²) < 4.78 is 7.18. The molecule has 2 amide bonds. The first-order valence-electron chi connectivity index (χ1n) is 10.6. The Balaban J connectivity index is 1.43. The quantitative estimate of drug-likeness (QED) is 0.685. The van der Waals surface area contributed by atoms with Crippen LogP contribution in [-0.4, -0.2) is 53.3 Å². The van der Waals surface area contributed by atoms with Crippen LogP contribution in [0.25, 0.3) is 11.0 Å². The maximum atomic E-state index is 13.0. The van der Waals surface area contributed by atoms with Crippen LogP contribution >= 0.6 is 0 Å². The molecule has 0 radical (unpaired) electrons. The Labute approximate surface area is 181 Å². The number of nitrogens with zero attached hydrogens (tertiary/aromatic N) is 4. The van der Waals surface area contributed by atoms with Gasteiger partial charge in [-0.25, -0.2) is 9.78 Å². The molecule has 2 heterocycles. The first-order chi connectivity index (χ1) is 15.1. The number of fused-ring (bicyclic) bond motifs is 1. The lowest BCUT2D eigenvalue weighted by molar-refractivity contribution is 0.208. The van der Waals surface area contributed by atoms with Gasteiger partial charge in [0.05, 0.1) is 17.6 Å². The molecule has 1 aliphatic heterocycles. The van der Waals surface area contributed by atoms with Gasteiger partial charge in [0.2, 0.25) is 0 Å². The van der Waals surface area contributed by atoms with Gasteiger partial charge in [0, 0.05) is 38.4 Å². The predicted octanol–water partition coefficient (Wildman–Crippen LogP) is 3.17. The van der Waals surface area contributed by atoms with Gasteiger partial charge in [-0.05, 0) is 50.2 Å². The third-order valence-electron chi connectivity index (χ3n) is 5.43. The molecule has 0 saturated carbocycles. The fourth-order valence-corrected chi connectivity index (χ4v) is 3.82. The van der Waals surface area contributed by atoms with Crippen molar-refractivity contribution in [3.8, 4) is 5.75 Å².